The molecule has 0 heteroatoms. The molecule has 28 heavy (non-hydrogen) atoms. The van der Waals surface area contributed by atoms with Crippen molar-refractivity contribution in [3.05, 3.63) is 107 Å². The third-order valence-corrected chi connectivity index (χ3v) is 6.73. The lowest BCUT2D eigenvalue weighted by molar-refractivity contribution is 1.13. The molecule has 5 aromatic rings. The van der Waals surface area contributed by atoms with Gasteiger partial charge in [-0.3, -0.25) is 0 Å². The molecule has 2 aliphatic rings. The second-order valence-corrected chi connectivity index (χ2v) is 8.11. The summed E-state index contributed by atoms with van der Waals surface area (Å²) < 4.78 is 0. The minimum atomic E-state index is 1.03. The summed E-state index contributed by atoms with van der Waals surface area (Å²) >= 11 is 0. The van der Waals surface area contributed by atoms with E-state index in [-0.39, 0.29) is 0 Å². The molecule has 0 radical (unpaired) electrons. The maximum atomic E-state index is 2.42. The van der Waals surface area contributed by atoms with Crippen LogP contribution in [0.2, 0.25) is 0 Å². The molecule has 0 amide bonds. The predicted molar refractivity (Wildman–Crippen MR) is 118 cm³/mol. The Hall–Kier alpha value is -3.38. The maximum absolute atomic E-state index is 2.42. The van der Waals surface area contributed by atoms with E-state index in [4.69, 9.17) is 0 Å². The van der Waals surface area contributed by atoms with Crippen LogP contribution in [0.5, 0.6) is 0 Å². The van der Waals surface area contributed by atoms with Gasteiger partial charge in [0.05, 0.1) is 0 Å². The topological polar surface area (TPSA) is 0 Å². The molecular weight excluding hydrogens is 336 g/mol. The summed E-state index contributed by atoms with van der Waals surface area (Å²) in [4.78, 5) is 0. The molecule has 0 N–H and O–H groups in total. The molecule has 0 aliphatic heterocycles. The van der Waals surface area contributed by atoms with Crippen LogP contribution in [0.1, 0.15) is 22.3 Å². The molecule has 0 fully saturated rings. The average Bonchev–Trinajstić information content (AvgIpc) is 3.13. The van der Waals surface area contributed by atoms with Gasteiger partial charge < -0.3 is 0 Å². The van der Waals surface area contributed by atoms with E-state index in [0.29, 0.717) is 0 Å². The predicted octanol–water partition coefficient (Wildman–Crippen LogP) is 7.14. The van der Waals surface area contributed by atoms with E-state index in [0.717, 1.165) is 12.8 Å². The van der Waals surface area contributed by atoms with Gasteiger partial charge in [0.25, 0.3) is 0 Å². The van der Waals surface area contributed by atoms with Crippen molar-refractivity contribution in [2.45, 2.75) is 12.8 Å². The zero-order valence-corrected chi connectivity index (χ0v) is 15.5. The Bertz CT molecular complexity index is 1450. The standard InChI is InChI=1S/C28H18/c1-4-9-21-17(6-1)14-19-16-27-23(25-11-5-10-24(21)28(19)25)13-12-22-20-8-3-2-7-18(20)15-26(22)27/h1-14H,15-16H2. The quantitative estimate of drug-likeness (QED) is 0.254. The van der Waals surface area contributed by atoms with Crippen LogP contribution in [0.25, 0.3) is 43.8 Å². The Labute approximate surface area is 164 Å². The van der Waals surface area contributed by atoms with Gasteiger partial charge in [0.15, 0.2) is 0 Å². The van der Waals surface area contributed by atoms with E-state index in [1.165, 1.54) is 66.1 Å². The Morgan fingerprint density at radius 1 is 0.464 bits per heavy atom. The molecule has 0 heterocycles. The highest BCUT2D eigenvalue weighted by Gasteiger charge is 2.27. The summed E-state index contributed by atoms with van der Waals surface area (Å²) in [7, 11) is 0. The molecule has 130 valence electrons. The minimum Gasteiger partial charge on any atom is -0.0619 e. The molecule has 0 aromatic heterocycles. The van der Waals surface area contributed by atoms with Gasteiger partial charge in [-0.2, -0.15) is 0 Å². The third kappa shape index (κ3) is 1.75. The molecule has 2 aliphatic carbocycles. The van der Waals surface area contributed by atoms with Crippen molar-refractivity contribution < 1.29 is 0 Å². The number of fused-ring (bicyclic) bond motifs is 8. The fourth-order valence-electron chi connectivity index (χ4n) is 5.53. The highest BCUT2D eigenvalue weighted by Crippen LogP contribution is 2.47. The lowest BCUT2D eigenvalue weighted by atomic mass is 9.79. The highest BCUT2D eigenvalue weighted by molar-refractivity contribution is 6.15. The minimum absolute atomic E-state index is 1.03. The van der Waals surface area contributed by atoms with E-state index in [1.807, 2.05) is 0 Å². The van der Waals surface area contributed by atoms with Crippen molar-refractivity contribution in [3.8, 4) is 22.3 Å². The van der Waals surface area contributed by atoms with Crippen LogP contribution < -0.4 is 0 Å². The average molecular weight is 354 g/mol. The largest absolute Gasteiger partial charge is 0.0619 e. The zero-order valence-electron chi connectivity index (χ0n) is 15.5. The number of hydrogen-bond donors (Lipinski definition) is 0. The van der Waals surface area contributed by atoms with E-state index < -0.39 is 0 Å². The summed E-state index contributed by atoms with van der Waals surface area (Å²) in [6.07, 6.45) is 2.10. The molecule has 0 spiro atoms. The summed E-state index contributed by atoms with van der Waals surface area (Å²) in [6, 6.07) is 31.7. The Morgan fingerprint density at radius 3 is 2.07 bits per heavy atom. The molecule has 0 nitrogen and oxygen atoms in total. The number of hydrogen-bond acceptors (Lipinski definition) is 0. The Morgan fingerprint density at radius 2 is 1.14 bits per heavy atom. The van der Waals surface area contributed by atoms with E-state index in [9.17, 15) is 0 Å². The van der Waals surface area contributed by atoms with Gasteiger partial charge in [-0.25, -0.2) is 0 Å². The molecule has 0 unspecified atom stereocenters. The number of benzene rings is 5. The van der Waals surface area contributed by atoms with Crippen LogP contribution in [0.15, 0.2) is 84.9 Å². The molecule has 0 saturated carbocycles. The van der Waals surface area contributed by atoms with Crippen LogP contribution in [0.3, 0.4) is 0 Å². The fourth-order valence-corrected chi connectivity index (χ4v) is 5.53. The first-order chi connectivity index (χ1) is 13.9. The van der Waals surface area contributed by atoms with Crippen molar-refractivity contribution in [1.82, 2.24) is 0 Å². The van der Waals surface area contributed by atoms with Gasteiger partial charge in [0, 0.05) is 0 Å². The van der Waals surface area contributed by atoms with Crippen LogP contribution in [-0.2, 0) is 12.8 Å². The fraction of sp³-hybridized carbons (Fsp3) is 0.0714. The molecule has 0 atom stereocenters. The monoisotopic (exact) mass is 354 g/mol. The second-order valence-electron chi connectivity index (χ2n) is 8.11. The second kappa shape index (κ2) is 5.11. The normalized spacial score (nSPS) is 13.4. The van der Waals surface area contributed by atoms with Gasteiger partial charge in [0.2, 0.25) is 0 Å². The molecule has 7 rings (SSSR count). The van der Waals surface area contributed by atoms with Crippen LogP contribution in [0, 0.1) is 0 Å². The van der Waals surface area contributed by atoms with Gasteiger partial charge in [-0.1, -0.05) is 84.9 Å². The molecule has 0 bridgehead atoms. The summed E-state index contributed by atoms with van der Waals surface area (Å²) in [5.41, 5.74) is 11.7. The molecular formula is C28H18. The first kappa shape index (κ1) is 14.6. The van der Waals surface area contributed by atoms with Gasteiger partial charge >= 0.3 is 0 Å². The summed E-state index contributed by atoms with van der Waals surface area (Å²) in [5, 5.41) is 5.55. The summed E-state index contributed by atoms with van der Waals surface area (Å²) in [6.45, 7) is 0. The van der Waals surface area contributed by atoms with Crippen LogP contribution in [-0.4, -0.2) is 0 Å². The van der Waals surface area contributed by atoms with Crippen molar-refractivity contribution in [2.24, 2.45) is 0 Å². The van der Waals surface area contributed by atoms with Gasteiger partial charge in [0.1, 0.15) is 0 Å². The van der Waals surface area contributed by atoms with Crippen molar-refractivity contribution in [3.63, 3.8) is 0 Å². The SMILES string of the molecule is c1ccc2c(c1)Cc1c-2ccc2c1Cc1cc3ccccc3c3cccc-2c13. The van der Waals surface area contributed by atoms with Gasteiger partial charge in [-0.05, 0) is 78.9 Å². The number of rotatable bonds is 0. The van der Waals surface area contributed by atoms with E-state index >= 15 is 0 Å². The summed E-state index contributed by atoms with van der Waals surface area (Å²) in [5.74, 6) is 0. The Kier molecular flexibility index (Phi) is 2.67. The smallest absolute Gasteiger partial charge is 0.000993 e. The van der Waals surface area contributed by atoms with Gasteiger partial charge in [-0.15, -0.1) is 0 Å². The Balaban J connectivity index is 1.58. The van der Waals surface area contributed by atoms with Crippen molar-refractivity contribution >= 4 is 21.5 Å². The highest BCUT2D eigenvalue weighted by atomic mass is 14.3. The third-order valence-electron chi connectivity index (χ3n) is 6.73. The lowest BCUT2D eigenvalue weighted by Gasteiger charge is -2.24. The van der Waals surface area contributed by atoms with Crippen molar-refractivity contribution in [1.29, 1.82) is 0 Å². The first-order valence-electron chi connectivity index (χ1n) is 10.1. The van der Waals surface area contributed by atoms with Crippen LogP contribution >= 0.6 is 0 Å². The van der Waals surface area contributed by atoms with Crippen LogP contribution in [0.4, 0.5) is 0 Å². The zero-order chi connectivity index (χ0) is 18.2. The lowest BCUT2D eigenvalue weighted by Crippen LogP contribution is -2.05. The molecule has 0 saturated heterocycles. The van der Waals surface area contributed by atoms with E-state index in [1.54, 1.807) is 0 Å². The molecule has 5 aromatic carbocycles. The van der Waals surface area contributed by atoms with Crippen molar-refractivity contribution in [2.75, 3.05) is 0 Å². The first-order valence-corrected chi connectivity index (χ1v) is 10.1. The maximum Gasteiger partial charge on any atom is -0.000993 e. The van der Waals surface area contributed by atoms with E-state index in [2.05, 4.69) is 84.9 Å².